The lowest BCUT2D eigenvalue weighted by Crippen LogP contribution is -2.30. The summed E-state index contributed by atoms with van der Waals surface area (Å²) in [4.78, 5) is 58.7. The number of nitrogens with two attached hydrogens (primary N) is 2. The van der Waals surface area contributed by atoms with Gasteiger partial charge in [-0.2, -0.15) is 0 Å². The van der Waals surface area contributed by atoms with Crippen molar-refractivity contribution in [2.24, 2.45) is 0 Å². The highest BCUT2D eigenvalue weighted by atomic mass is 16.5. The van der Waals surface area contributed by atoms with Gasteiger partial charge in [0.15, 0.2) is 11.5 Å². The zero-order valence-corrected chi connectivity index (χ0v) is 32.8. The van der Waals surface area contributed by atoms with Crippen molar-refractivity contribution in [3.63, 3.8) is 0 Å². The van der Waals surface area contributed by atoms with Crippen LogP contribution in [0.5, 0.6) is 23.0 Å². The summed E-state index contributed by atoms with van der Waals surface area (Å²) in [5.41, 5.74) is 19.1. The molecule has 0 bridgehead atoms. The van der Waals surface area contributed by atoms with Crippen molar-refractivity contribution < 1.29 is 28.7 Å². The lowest BCUT2D eigenvalue weighted by atomic mass is 10.00. The minimum Gasteiger partial charge on any atom is -0.455 e. The number of hydrogen-bond donors (Lipinski definition) is 2. The van der Waals surface area contributed by atoms with Gasteiger partial charge in [0.2, 0.25) is 0 Å². The molecule has 10 heteroatoms. The fourth-order valence-electron chi connectivity index (χ4n) is 7.79. The third-order valence-electron chi connectivity index (χ3n) is 10.9. The van der Waals surface area contributed by atoms with Crippen LogP contribution in [0.25, 0.3) is 33.4 Å². The summed E-state index contributed by atoms with van der Waals surface area (Å²) >= 11 is 0. The number of anilines is 4. The molecule has 2 aliphatic heterocycles. The molecule has 0 aromatic heterocycles. The molecule has 0 saturated carbocycles. The van der Waals surface area contributed by atoms with Crippen molar-refractivity contribution in [3.05, 3.63) is 204 Å². The number of rotatable bonds is 9. The zero-order chi connectivity index (χ0) is 42.5. The normalized spacial score (nSPS) is 13.0. The number of benzene rings is 8. The molecule has 4 amide bonds. The number of carbonyl (C=O) groups is 4. The number of amides is 4. The van der Waals surface area contributed by atoms with Crippen molar-refractivity contribution >= 4 is 46.4 Å². The zero-order valence-electron chi connectivity index (χ0n) is 32.8. The van der Waals surface area contributed by atoms with Crippen molar-refractivity contribution in [1.29, 1.82) is 0 Å². The number of fused-ring (bicyclic) bond motifs is 2. The van der Waals surface area contributed by atoms with Gasteiger partial charge in [-0.25, -0.2) is 9.80 Å². The molecule has 10 nitrogen and oxygen atoms in total. The molecule has 0 unspecified atom stereocenters. The van der Waals surface area contributed by atoms with E-state index in [2.05, 4.69) is 0 Å². The van der Waals surface area contributed by atoms with Crippen LogP contribution in [0.2, 0.25) is 0 Å². The molecule has 8 aromatic rings. The first kappa shape index (κ1) is 37.5. The van der Waals surface area contributed by atoms with Crippen LogP contribution in [-0.4, -0.2) is 23.6 Å². The summed E-state index contributed by atoms with van der Waals surface area (Å²) in [7, 11) is 0. The first-order chi connectivity index (χ1) is 30.2. The predicted octanol–water partition coefficient (Wildman–Crippen LogP) is 11.0. The van der Waals surface area contributed by atoms with E-state index < -0.39 is 23.6 Å². The highest BCUT2D eigenvalue weighted by Crippen LogP contribution is 2.48. The summed E-state index contributed by atoms with van der Waals surface area (Å²) in [6.45, 7) is 0. The summed E-state index contributed by atoms with van der Waals surface area (Å²) in [5, 5.41) is 0. The van der Waals surface area contributed by atoms with Gasteiger partial charge in [-0.15, -0.1) is 0 Å². The van der Waals surface area contributed by atoms with Gasteiger partial charge in [0.1, 0.15) is 17.2 Å². The topological polar surface area (TPSA) is 145 Å². The Kier molecular flexibility index (Phi) is 9.15. The summed E-state index contributed by atoms with van der Waals surface area (Å²) < 4.78 is 13.1. The maximum atomic E-state index is 14.5. The van der Waals surface area contributed by atoms with Gasteiger partial charge in [-0.05, 0) is 130 Å². The number of nitrogens with zero attached hydrogens (tertiary/aromatic N) is 2. The predicted molar refractivity (Wildman–Crippen MR) is 240 cm³/mol. The Morgan fingerprint density at radius 2 is 0.710 bits per heavy atom. The van der Waals surface area contributed by atoms with E-state index in [0.29, 0.717) is 50.8 Å². The van der Waals surface area contributed by atoms with Crippen LogP contribution in [0.4, 0.5) is 22.7 Å². The van der Waals surface area contributed by atoms with Gasteiger partial charge < -0.3 is 20.9 Å². The Morgan fingerprint density at radius 3 is 1.18 bits per heavy atom. The number of ether oxygens (including phenoxy) is 2. The third-order valence-corrected chi connectivity index (χ3v) is 10.9. The third kappa shape index (κ3) is 6.67. The van der Waals surface area contributed by atoms with Gasteiger partial charge in [0.25, 0.3) is 23.6 Å². The second kappa shape index (κ2) is 15.1. The van der Waals surface area contributed by atoms with E-state index in [0.717, 1.165) is 27.2 Å². The molecule has 0 radical (unpaired) electrons. The van der Waals surface area contributed by atoms with E-state index >= 15 is 0 Å². The van der Waals surface area contributed by atoms with E-state index in [1.165, 1.54) is 4.90 Å². The van der Waals surface area contributed by atoms with Crippen LogP contribution in [0, 0.1) is 0 Å². The van der Waals surface area contributed by atoms with Crippen molar-refractivity contribution in [3.8, 4) is 56.4 Å². The molecule has 298 valence electrons. The minimum absolute atomic E-state index is 0.114. The van der Waals surface area contributed by atoms with E-state index in [1.807, 2.05) is 66.7 Å². The smallest absolute Gasteiger partial charge is 0.266 e. The second-order valence-corrected chi connectivity index (χ2v) is 14.9. The quantitative estimate of drug-likeness (QED) is 0.108. The fraction of sp³-hybridized carbons (Fsp3) is 0. The fourth-order valence-corrected chi connectivity index (χ4v) is 7.79. The average molecular weight is 811 g/mol. The highest BCUT2D eigenvalue weighted by molar-refractivity contribution is 6.36. The Balaban J connectivity index is 1.04. The SMILES string of the molecule is Nc1ccc(-c2ccc3c(c2)C(=O)N(c2ccc(-c4cc(Oc5ccccc5)c(N5C(=O)c6ccc(-c7ccc(N)cc7)cc6C5=O)c(Oc5ccccc5)c4)cc2)C3=O)cc1. The van der Waals surface area contributed by atoms with E-state index in [4.69, 9.17) is 20.9 Å². The van der Waals surface area contributed by atoms with E-state index in [9.17, 15) is 19.2 Å². The van der Waals surface area contributed by atoms with Gasteiger partial charge in [0, 0.05) is 11.4 Å². The van der Waals surface area contributed by atoms with Gasteiger partial charge >= 0.3 is 0 Å². The molecule has 0 spiro atoms. The highest BCUT2D eigenvalue weighted by Gasteiger charge is 2.41. The number of para-hydroxylation sites is 2. The van der Waals surface area contributed by atoms with Crippen LogP contribution in [-0.2, 0) is 0 Å². The van der Waals surface area contributed by atoms with Gasteiger partial charge in [-0.1, -0.05) is 84.9 Å². The molecule has 0 atom stereocenters. The summed E-state index contributed by atoms with van der Waals surface area (Å²) in [6, 6.07) is 53.4. The Morgan fingerprint density at radius 1 is 0.339 bits per heavy atom. The van der Waals surface area contributed by atoms with Crippen molar-refractivity contribution in [2.75, 3.05) is 21.3 Å². The van der Waals surface area contributed by atoms with E-state index in [-0.39, 0.29) is 28.3 Å². The largest absolute Gasteiger partial charge is 0.455 e. The molecule has 2 heterocycles. The molecule has 4 N–H and O–H groups in total. The minimum atomic E-state index is -0.545. The molecule has 8 aromatic carbocycles. The van der Waals surface area contributed by atoms with Crippen molar-refractivity contribution in [2.45, 2.75) is 0 Å². The molecule has 0 aliphatic carbocycles. The standard InChI is InChI=1S/C52H34N4O6/c53-37-19-11-31(12-20-37)34-17-25-42-44(27-34)51(59)55(49(42)57)39-23-15-33(16-24-39)36-29-46(61-40-7-3-1-4-8-40)48(47(30-36)62-41-9-5-2-6-10-41)56-50(58)43-26-18-35(28-45(43)52(56)60)32-13-21-38(54)22-14-32/h1-30H,53-54H2. The molecule has 62 heavy (non-hydrogen) atoms. The maximum absolute atomic E-state index is 14.5. The molecular formula is C52H34N4O6. The lowest BCUT2D eigenvalue weighted by Gasteiger charge is -2.23. The monoisotopic (exact) mass is 810 g/mol. The molecule has 10 rings (SSSR count). The van der Waals surface area contributed by atoms with Crippen LogP contribution in [0.15, 0.2) is 182 Å². The van der Waals surface area contributed by atoms with Gasteiger partial charge in [0.05, 0.1) is 27.9 Å². The Bertz CT molecular complexity index is 3030. The van der Waals surface area contributed by atoms with Crippen LogP contribution in [0.1, 0.15) is 41.4 Å². The maximum Gasteiger partial charge on any atom is 0.266 e. The van der Waals surface area contributed by atoms with Crippen LogP contribution >= 0.6 is 0 Å². The van der Waals surface area contributed by atoms with E-state index in [1.54, 1.807) is 115 Å². The number of hydrogen-bond acceptors (Lipinski definition) is 8. The molecule has 2 aliphatic rings. The second-order valence-electron chi connectivity index (χ2n) is 14.9. The number of imide groups is 2. The number of carbonyl (C=O) groups excluding carboxylic acids is 4. The molecule has 0 fully saturated rings. The van der Waals surface area contributed by atoms with Crippen molar-refractivity contribution in [1.82, 2.24) is 0 Å². The average Bonchev–Trinajstić information content (AvgIpc) is 3.70. The lowest BCUT2D eigenvalue weighted by molar-refractivity contribution is 0.0909. The van der Waals surface area contributed by atoms with Gasteiger partial charge in [-0.3, -0.25) is 19.2 Å². The first-order valence-corrected chi connectivity index (χ1v) is 19.7. The van der Waals surface area contributed by atoms with Crippen LogP contribution in [0.3, 0.4) is 0 Å². The van der Waals surface area contributed by atoms with Crippen LogP contribution < -0.4 is 30.7 Å². The summed E-state index contributed by atoms with van der Waals surface area (Å²) in [5.74, 6) is -0.676. The summed E-state index contributed by atoms with van der Waals surface area (Å²) in [6.07, 6.45) is 0. The molecular weight excluding hydrogens is 777 g/mol. The Labute approximate surface area is 355 Å². The molecule has 0 saturated heterocycles. The first-order valence-electron chi connectivity index (χ1n) is 19.7. The Hall–Kier alpha value is -8.76. The number of nitrogen functional groups attached to an aromatic ring is 2.